The number of rotatable bonds is 7. The number of carbonyl (C=O) groups is 2. The maximum absolute atomic E-state index is 13.7. The van der Waals surface area contributed by atoms with E-state index in [0.29, 0.717) is 34.2 Å². The van der Waals surface area contributed by atoms with Gasteiger partial charge in [-0.25, -0.2) is 4.90 Å². The summed E-state index contributed by atoms with van der Waals surface area (Å²) in [4.78, 5) is 28.6. The van der Waals surface area contributed by atoms with Gasteiger partial charge in [0, 0.05) is 6.07 Å². The van der Waals surface area contributed by atoms with Gasteiger partial charge in [0.1, 0.15) is 22.9 Å². The molecule has 0 atom stereocenters. The van der Waals surface area contributed by atoms with Crippen LogP contribution < -0.4 is 24.4 Å². The van der Waals surface area contributed by atoms with Crippen LogP contribution in [0.15, 0.2) is 66.4 Å². The van der Waals surface area contributed by atoms with Crippen molar-refractivity contribution in [2.24, 2.45) is 0 Å². The van der Waals surface area contributed by atoms with Crippen molar-refractivity contribution in [1.82, 2.24) is 0 Å². The molecule has 1 N–H and O–H groups in total. The van der Waals surface area contributed by atoms with Crippen LogP contribution in [0.2, 0.25) is 0 Å². The molecule has 0 aromatic heterocycles. The Morgan fingerprint density at radius 3 is 2.06 bits per heavy atom. The fraction of sp³-hybridized carbons (Fsp3) is 0.185. The van der Waals surface area contributed by atoms with E-state index in [1.807, 2.05) is 32.0 Å². The zero-order valence-corrected chi connectivity index (χ0v) is 19.8. The fourth-order valence-electron chi connectivity index (χ4n) is 3.89. The van der Waals surface area contributed by atoms with Gasteiger partial charge in [-0.3, -0.25) is 9.59 Å². The summed E-state index contributed by atoms with van der Waals surface area (Å²) >= 11 is 0. The first-order valence-corrected chi connectivity index (χ1v) is 10.7. The van der Waals surface area contributed by atoms with Crippen molar-refractivity contribution in [2.45, 2.75) is 13.8 Å². The number of nitrogens with zero attached hydrogens (tertiary/aromatic N) is 1. The second kappa shape index (κ2) is 9.31. The average molecular weight is 459 g/mol. The molecule has 2 amide bonds. The van der Waals surface area contributed by atoms with Gasteiger partial charge in [0.2, 0.25) is 0 Å². The first-order chi connectivity index (χ1) is 16.4. The molecule has 0 spiro atoms. The topological polar surface area (TPSA) is 77.1 Å². The molecule has 4 rings (SSSR count). The van der Waals surface area contributed by atoms with Crippen molar-refractivity contribution in [2.75, 3.05) is 31.5 Å². The van der Waals surface area contributed by atoms with Crippen LogP contribution in [0.1, 0.15) is 16.7 Å². The van der Waals surface area contributed by atoms with Crippen molar-refractivity contribution in [3.05, 3.63) is 83.1 Å². The lowest BCUT2D eigenvalue weighted by atomic mass is 10.0. The summed E-state index contributed by atoms with van der Waals surface area (Å²) in [6.07, 6.45) is 0. The molecule has 7 heteroatoms. The van der Waals surface area contributed by atoms with E-state index < -0.39 is 11.8 Å². The number of benzene rings is 3. The van der Waals surface area contributed by atoms with Gasteiger partial charge in [0.25, 0.3) is 11.8 Å². The average Bonchev–Trinajstić information content (AvgIpc) is 3.09. The molecule has 0 saturated carbocycles. The molecule has 0 unspecified atom stereocenters. The Labute approximate surface area is 198 Å². The number of methoxy groups -OCH3 is 3. The van der Waals surface area contributed by atoms with E-state index in [-0.39, 0.29) is 11.3 Å². The van der Waals surface area contributed by atoms with Gasteiger partial charge in [-0.2, -0.15) is 0 Å². The van der Waals surface area contributed by atoms with Crippen LogP contribution in [0.3, 0.4) is 0 Å². The van der Waals surface area contributed by atoms with Crippen LogP contribution in [-0.2, 0) is 9.59 Å². The maximum atomic E-state index is 13.7. The third-order valence-corrected chi connectivity index (χ3v) is 5.74. The highest BCUT2D eigenvalue weighted by Gasteiger charge is 2.41. The molecular weight excluding hydrogens is 432 g/mol. The first-order valence-electron chi connectivity index (χ1n) is 10.7. The number of hydrogen-bond acceptors (Lipinski definition) is 6. The highest BCUT2D eigenvalue weighted by atomic mass is 16.5. The Kier molecular flexibility index (Phi) is 6.27. The molecule has 3 aromatic rings. The van der Waals surface area contributed by atoms with Crippen LogP contribution in [0, 0.1) is 13.8 Å². The van der Waals surface area contributed by atoms with Crippen LogP contribution in [0.5, 0.6) is 17.2 Å². The summed E-state index contributed by atoms with van der Waals surface area (Å²) in [5.74, 6) is 0.893. The Bertz CT molecular complexity index is 1290. The van der Waals surface area contributed by atoms with Gasteiger partial charge in [0.05, 0.1) is 38.3 Å². The Morgan fingerprint density at radius 1 is 0.735 bits per heavy atom. The van der Waals surface area contributed by atoms with Gasteiger partial charge in [-0.15, -0.1) is 0 Å². The quantitative estimate of drug-likeness (QED) is 0.516. The van der Waals surface area contributed by atoms with Gasteiger partial charge in [0.15, 0.2) is 0 Å². The van der Waals surface area contributed by atoms with Crippen molar-refractivity contribution >= 4 is 28.8 Å². The van der Waals surface area contributed by atoms with Gasteiger partial charge in [-0.1, -0.05) is 24.3 Å². The molecule has 1 heterocycles. The number of hydrogen-bond donors (Lipinski definition) is 1. The van der Waals surface area contributed by atoms with Crippen molar-refractivity contribution in [1.29, 1.82) is 0 Å². The third kappa shape index (κ3) is 4.08. The van der Waals surface area contributed by atoms with Crippen LogP contribution >= 0.6 is 0 Å². The highest BCUT2D eigenvalue weighted by Crippen LogP contribution is 2.38. The lowest BCUT2D eigenvalue weighted by Crippen LogP contribution is -2.33. The number of aryl methyl sites for hydroxylation is 2. The van der Waals surface area contributed by atoms with Gasteiger partial charge in [-0.05, 0) is 60.9 Å². The summed E-state index contributed by atoms with van der Waals surface area (Å²) in [5, 5.41) is 3.16. The highest BCUT2D eigenvalue weighted by molar-refractivity contribution is 6.46. The summed E-state index contributed by atoms with van der Waals surface area (Å²) in [6.45, 7) is 3.80. The number of anilines is 2. The molecule has 0 aliphatic carbocycles. The molecule has 7 nitrogen and oxygen atoms in total. The monoisotopic (exact) mass is 458 g/mol. The molecule has 0 bridgehead atoms. The number of carbonyl (C=O) groups excluding carboxylic acids is 2. The maximum Gasteiger partial charge on any atom is 0.282 e. The Morgan fingerprint density at radius 2 is 1.41 bits per heavy atom. The zero-order chi connectivity index (χ0) is 24.4. The smallest absolute Gasteiger partial charge is 0.282 e. The lowest BCUT2D eigenvalue weighted by molar-refractivity contribution is -0.120. The van der Waals surface area contributed by atoms with Crippen molar-refractivity contribution < 1.29 is 23.8 Å². The van der Waals surface area contributed by atoms with Gasteiger partial charge < -0.3 is 19.5 Å². The van der Waals surface area contributed by atoms with Crippen LogP contribution in [0.4, 0.5) is 11.4 Å². The molecule has 0 fully saturated rings. The zero-order valence-electron chi connectivity index (χ0n) is 19.8. The summed E-state index contributed by atoms with van der Waals surface area (Å²) in [5.41, 5.74) is 3.90. The molecule has 34 heavy (non-hydrogen) atoms. The lowest BCUT2D eigenvalue weighted by Gasteiger charge is -2.19. The van der Waals surface area contributed by atoms with Gasteiger partial charge >= 0.3 is 0 Å². The molecule has 174 valence electrons. The molecule has 1 aliphatic rings. The van der Waals surface area contributed by atoms with E-state index in [1.165, 1.54) is 12.0 Å². The van der Waals surface area contributed by atoms with E-state index >= 15 is 0 Å². The SMILES string of the molecule is COc1ccc(C2=C(Nc3ccc(OC)cc3OC)C(=O)N(c3cc(C)ccc3C)C2=O)cc1. The van der Waals surface area contributed by atoms with E-state index in [4.69, 9.17) is 14.2 Å². The number of ether oxygens (including phenoxy) is 3. The Hall–Kier alpha value is -4.26. The van der Waals surface area contributed by atoms with Crippen LogP contribution in [-0.4, -0.2) is 33.1 Å². The van der Waals surface area contributed by atoms with Crippen molar-refractivity contribution in [3.63, 3.8) is 0 Å². The minimum atomic E-state index is -0.442. The van der Waals surface area contributed by atoms with E-state index in [9.17, 15) is 9.59 Å². The van der Waals surface area contributed by atoms with E-state index in [2.05, 4.69) is 5.32 Å². The summed E-state index contributed by atoms with van der Waals surface area (Å²) < 4.78 is 16.0. The van der Waals surface area contributed by atoms with Crippen molar-refractivity contribution in [3.8, 4) is 17.2 Å². The number of imide groups is 1. The standard InChI is InChI=1S/C27H26N2O5/c1-16-6-7-17(2)22(14-16)29-26(30)24(18-8-10-19(32-3)11-9-18)25(27(29)31)28-21-13-12-20(33-4)15-23(21)34-5/h6-15,28H,1-5H3. The largest absolute Gasteiger partial charge is 0.497 e. The second-order valence-corrected chi connectivity index (χ2v) is 7.91. The normalized spacial score (nSPS) is 13.4. The minimum Gasteiger partial charge on any atom is -0.497 e. The number of amides is 2. The molecule has 0 radical (unpaired) electrons. The van der Waals surface area contributed by atoms with E-state index in [0.717, 1.165) is 11.1 Å². The predicted octanol–water partition coefficient (Wildman–Crippen LogP) is 4.73. The first kappa shape index (κ1) is 22.9. The minimum absolute atomic E-state index is 0.166. The second-order valence-electron chi connectivity index (χ2n) is 7.91. The predicted molar refractivity (Wildman–Crippen MR) is 131 cm³/mol. The third-order valence-electron chi connectivity index (χ3n) is 5.74. The molecule has 3 aromatic carbocycles. The van der Waals surface area contributed by atoms with E-state index in [1.54, 1.807) is 56.7 Å². The van der Waals surface area contributed by atoms with Crippen LogP contribution in [0.25, 0.3) is 5.57 Å². The number of nitrogens with one attached hydrogen (secondary N) is 1. The Balaban J connectivity index is 1.85. The fourth-order valence-corrected chi connectivity index (χ4v) is 3.89. The summed E-state index contributed by atoms with van der Waals surface area (Å²) in [7, 11) is 4.67. The molecular formula is C27H26N2O5. The molecule has 1 aliphatic heterocycles. The molecule has 0 saturated heterocycles. The summed E-state index contributed by atoms with van der Waals surface area (Å²) in [6, 6.07) is 17.9.